The van der Waals surface area contributed by atoms with Crippen LogP contribution in [0.2, 0.25) is 0 Å². The molecule has 2 atom stereocenters. The van der Waals surface area contributed by atoms with Gasteiger partial charge in [-0.2, -0.15) is 0 Å². The van der Waals surface area contributed by atoms with Crippen LogP contribution < -0.4 is 5.32 Å². The summed E-state index contributed by atoms with van der Waals surface area (Å²) in [5, 5.41) is 4.69. The molecule has 4 saturated heterocycles. The lowest BCUT2D eigenvalue weighted by atomic mass is 10.0. The van der Waals surface area contributed by atoms with E-state index in [0.717, 1.165) is 49.7 Å². The van der Waals surface area contributed by atoms with Gasteiger partial charge in [0.1, 0.15) is 0 Å². The molecule has 1 amide bonds. The van der Waals surface area contributed by atoms with Gasteiger partial charge in [0.2, 0.25) is 5.91 Å². The van der Waals surface area contributed by atoms with Crippen molar-refractivity contribution in [2.24, 2.45) is 15.9 Å². The first-order chi connectivity index (χ1) is 17.8. The average Bonchev–Trinajstić information content (AvgIpc) is 3.71. The number of likely N-dealkylation sites (tertiary alicyclic amines) is 3. The molecule has 7 nitrogen and oxygen atoms in total. The molecule has 0 bridgehead atoms. The van der Waals surface area contributed by atoms with Crippen molar-refractivity contribution < 1.29 is 4.79 Å². The Bertz CT molecular complexity index is 755. The predicted octanol–water partition coefficient (Wildman–Crippen LogP) is 5.08. The number of nitrogens with one attached hydrogen (secondary N) is 1. The summed E-state index contributed by atoms with van der Waals surface area (Å²) in [4.78, 5) is 26.5. The Morgan fingerprint density at radius 3 is 2.05 bits per heavy atom. The number of nitrogens with zero attached hydrogens (tertiary/aromatic N) is 5. The number of thiocarbonyl (C=S) groups is 1. The normalized spacial score (nSPS) is 25.0. The molecular weight excluding hydrogens is 500 g/mol. The predicted molar refractivity (Wildman–Crippen MR) is 167 cm³/mol. The van der Waals surface area contributed by atoms with Gasteiger partial charge in [-0.25, -0.2) is 0 Å². The van der Waals surface area contributed by atoms with Gasteiger partial charge in [0.05, 0.1) is 17.6 Å². The Morgan fingerprint density at radius 1 is 1.03 bits per heavy atom. The van der Waals surface area contributed by atoms with Gasteiger partial charge >= 0.3 is 0 Å². The maximum absolute atomic E-state index is 10.5. The Morgan fingerprint density at radius 2 is 1.68 bits per heavy atom. The van der Waals surface area contributed by atoms with Gasteiger partial charge in [-0.15, -0.1) is 0 Å². The summed E-state index contributed by atoms with van der Waals surface area (Å²) in [6.07, 6.45) is 9.32. The van der Waals surface area contributed by atoms with E-state index in [9.17, 15) is 4.79 Å². The molecule has 0 aromatic rings. The highest BCUT2D eigenvalue weighted by Crippen LogP contribution is 2.23. The fourth-order valence-electron chi connectivity index (χ4n) is 4.36. The Kier molecular flexibility index (Phi) is 17.0. The fraction of sp³-hybridized carbons (Fsp3) is 0.786. The summed E-state index contributed by atoms with van der Waals surface area (Å²) in [5.74, 6) is 2.38. The second kappa shape index (κ2) is 18.7. The summed E-state index contributed by atoms with van der Waals surface area (Å²) in [5.41, 5.74) is 1.31. The zero-order chi connectivity index (χ0) is 27.8. The number of rotatable bonds is 0. The van der Waals surface area contributed by atoms with Crippen molar-refractivity contribution in [1.29, 1.82) is 0 Å². The van der Waals surface area contributed by atoms with Crippen LogP contribution in [0.5, 0.6) is 0 Å². The Labute approximate surface area is 236 Å². The topological polar surface area (TPSA) is 63.5 Å². The van der Waals surface area contributed by atoms with Crippen molar-refractivity contribution >= 4 is 45.8 Å². The maximum Gasteiger partial charge on any atom is 0.222 e. The van der Waals surface area contributed by atoms with Gasteiger partial charge < -0.3 is 20.0 Å². The van der Waals surface area contributed by atoms with Crippen LogP contribution in [-0.2, 0) is 4.79 Å². The number of fused-ring (bicyclic) bond motifs is 1. The van der Waals surface area contributed by atoms with Gasteiger partial charge in [0, 0.05) is 76.8 Å². The second-order valence-electron chi connectivity index (χ2n) is 9.57. The van der Waals surface area contributed by atoms with E-state index < -0.39 is 0 Å². The number of aliphatic imine (C=N–C) groups is 2. The van der Waals surface area contributed by atoms with Crippen LogP contribution in [0.15, 0.2) is 22.3 Å². The largest absolute Gasteiger partial charge is 0.369 e. The number of amidine groups is 1. The molecule has 0 aliphatic carbocycles. The molecule has 0 aromatic heterocycles. The van der Waals surface area contributed by atoms with E-state index in [2.05, 4.69) is 52.1 Å². The quantitative estimate of drug-likeness (QED) is 0.423. The zero-order valence-corrected chi connectivity index (χ0v) is 26.3. The first-order valence-electron chi connectivity index (χ1n) is 14.2. The molecule has 6 aliphatic rings. The molecule has 0 radical (unpaired) electrons. The summed E-state index contributed by atoms with van der Waals surface area (Å²) in [6, 6.07) is 1.10. The number of thioether (sulfide) groups is 1. The molecule has 0 saturated carbocycles. The van der Waals surface area contributed by atoms with Gasteiger partial charge in [0.15, 0.2) is 5.17 Å². The first kappa shape index (κ1) is 33.6. The minimum atomic E-state index is 0.292. The molecule has 0 aromatic carbocycles. The van der Waals surface area contributed by atoms with E-state index in [1.165, 1.54) is 42.7 Å². The molecule has 9 heteroatoms. The highest BCUT2D eigenvalue weighted by molar-refractivity contribution is 8.14. The molecule has 4 fully saturated rings. The summed E-state index contributed by atoms with van der Waals surface area (Å²) in [7, 11) is 3.89. The van der Waals surface area contributed by atoms with Crippen molar-refractivity contribution in [2.75, 3.05) is 52.6 Å². The molecule has 6 heterocycles. The third kappa shape index (κ3) is 11.9. The average molecular weight is 553 g/mol. The molecule has 0 spiro atoms. The van der Waals surface area contributed by atoms with Crippen molar-refractivity contribution in [3.8, 4) is 0 Å². The summed E-state index contributed by atoms with van der Waals surface area (Å²) in [6.45, 7) is 18.1. The van der Waals surface area contributed by atoms with E-state index >= 15 is 0 Å². The van der Waals surface area contributed by atoms with Crippen LogP contribution in [0.25, 0.3) is 0 Å². The minimum absolute atomic E-state index is 0.292. The third-order valence-corrected chi connectivity index (χ3v) is 7.93. The van der Waals surface area contributed by atoms with Crippen LogP contribution in [0.1, 0.15) is 73.6 Å². The third-order valence-electron chi connectivity index (χ3n) is 6.38. The standard InChI is InChI=1S/C7H12N2S.C7H10N2.C5H9NO.C5H9NS.2C2H6/c1-6-4-9(5-6)7-8-2-3-10-7;1-5-4-7-6(9-5)2-3-8-7;2*1-6-4-2-3-5(6)7;2*1-2/h6H,2-5H2,1H3;2-3,5-6,9H,4H2,1H3;2*2-4H2,1H3;2*1-2H3. The highest BCUT2D eigenvalue weighted by Gasteiger charge is 2.27. The zero-order valence-electron chi connectivity index (χ0n) is 24.6. The van der Waals surface area contributed by atoms with Crippen LogP contribution in [0.4, 0.5) is 0 Å². The maximum atomic E-state index is 10.5. The van der Waals surface area contributed by atoms with Crippen molar-refractivity contribution in [2.45, 2.75) is 85.7 Å². The fourth-order valence-corrected chi connectivity index (χ4v) is 5.48. The first-order valence-corrected chi connectivity index (χ1v) is 15.6. The van der Waals surface area contributed by atoms with E-state index in [4.69, 9.17) is 12.2 Å². The van der Waals surface area contributed by atoms with E-state index in [1.807, 2.05) is 52.7 Å². The van der Waals surface area contributed by atoms with Gasteiger partial charge in [-0.1, -0.05) is 58.6 Å². The molecule has 37 heavy (non-hydrogen) atoms. The lowest BCUT2D eigenvalue weighted by molar-refractivity contribution is -0.126. The number of carbonyl (C=O) groups is 1. The molecule has 2 unspecified atom stereocenters. The van der Waals surface area contributed by atoms with Crippen molar-refractivity contribution in [3.05, 3.63) is 12.3 Å². The number of hydrogen-bond donors (Lipinski definition) is 1. The van der Waals surface area contributed by atoms with E-state index in [-0.39, 0.29) is 0 Å². The van der Waals surface area contributed by atoms with Crippen LogP contribution in [0, 0.1) is 5.92 Å². The number of hydrogen-bond acceptors (Lipinski definition) is 7. The van der Waals surface area contributed by atoms with E-state index in [1.54, 1.807) is 4.90 Å². The molecular formula is C28H52N6OS2. The lowest BCUT2D eigenvalue weighted by Gasteiger charge is -2.38. The lowest BCUT2D eigenvalue weighted by Crippen LogP contribution is -2.47. The van der Waals surface area contributed by atoms with E-state index in [0.29, 0.717) is 18.0 Å². The second-order valence-corrected chi connectivity index (χ2v) is 11.1. The van der Waals surface area contributed by atoms with Gasteiger partial charge in [-0.3, -0.25) is 14.8 Å². The smallest absolute Gasteiger partial charge is 0.222 e. The Hall–Kier alpha value is -1.45. The molecule has 212 valence electrons. The summed E-state index contributed by atoms with van der Waals surface area (Å²) >= 11 is 6.87. The summed E-state index contributed by atoms with van der Waals surface area (Å²) < 4.78 is 0. The number of amides is 1. The SMILES string of the molecule is CC.CC.CC1CC2=NC=CC2N1.CC1CN(C2=NCCS2)C1.CN1CCCC1=O.CN1CCCC1=S. The number of carbonyl (C=O) groups excluding carboxylic acids is 1. The monoisotopic (exact) mass is 552 g/mol. The van der Waals surface area contributed by atoms with Crippen LogP contribution in [-0.4, -0.2) is 101 Å². The molecule has 1 N–H and O–H groups in total. The van der Waals surface area contributed by atoms with Crippen molar-refractivity contribution in [3.63, 3.8) is 0 Å². The van der Waals surface area contributed by atoms with Crippen LogP contribution in [0.3, 0.4) is 0 Å². The van der Waals surface area contributed by atoms with Crippen LogP contribution >= 0.6 is 24.0 Å². The Balaban J connectivity index is 0.000000238. The minimum Gasteiger partial charge on any atom is -0.369 e. The van der Waals surface area contributed by atoms with Gasteiger partial charge in [0.25, 0.3) is 0 Å². The molecule has 6 rings (SSSR count). The molecule has 6 aliphatic heterocycles. The van der Waals surface area contributed by atoms with Crippen molar-refractivity contribution in [1.82, 2.24) is 20.0 Å². The van der Waals surface area contributed by atoms with Gasteiger partial charge in [-0.05, 0) is 38.2 Å². The highest BCUT2D eigenvalue weighted by atomic mass is 32.2.